The maximum Gasteiger partial charge on any atom is 0.253 e. The molecule has 0 bridgehead atoms. The lowest BCUT2D eigenvalue weighted by atomic mass is 9.87. The number of piperazine rings is 1. The summed E-state index contributed by atoms with van der Waals surface area (Å²) in [7, 11) is 0. The van der Waals surface area contributed by atoms with Gasteiger partial charge in [0, 0.05) is 32.2 Å². The van der Waals surface area contributed by atoms with Gasteiger partial charge >= 0.3 is 0 Å². The molecule has 1 saturated carbocycles. The fraction of sp³-hybridized carbons (Fsp3) is 0.867. The van der Waals surface area contributed by atoms with Gasteiger partial charge in [0.05, 0.1) is 6.54 Å². The Labute approximate surface area is 140 Å². The number of amides is 2. The summed E-state index contributed by atoms with van der Waals surface area (Å²) in [5, 5.41) is -0.643. The first-order valence-corrected chi connectivity index (χ1v) is 8.81. The number of nitrogens with one attached hydrogen (secondary N) is 2. The van der Waals surface area contributed by atoms with E-state index >= 15 is 0 Å². The van der Waals surface area contributed by atoms with Crippen LogP contribution in [0.4, 0.5) is 4.39 Å². The molecular weight excluding hydrogens is 323 g/mol. The number of nitrogens with zero attached hydrogens (tertiary/aromatic N) is 2. The molecule has 2 N–H and O–H groups in total. The second-order valence-corrected chi connectivity index (χ2v) is 7.24. The molecular formula is C15H24ClFN4O2. The number of hydrazine groups is 1. The van der Waals surface area contributed by atoms with Gasteiger partial charge in [0.2, 0.25) is 5.91 Å². The minimum Gasteiger partial charge on any atom is -0.340 e. The fourth-order valence-electron chi connectivity index (χ4n) is 3.72. The van der Waals surface area contributed by atoms with Crippen molar-refractivity contribution in [3.63, 3.8) is 0 Å². The van der Waals surface area contributed by atoms with E-state index in [1.54, 1.807) is 0 Å². The Bertz CT molecular complexity index is 459. The molecule has 23 heavy (non-hydrogen) atoms. The lowest BCUT2D eigenvalue weighted by Gasteiger charge is -2.42. The highest BCUT2D eigenvalue weighted by Crippen LogP contribution is 2.27. The van der Waals surface area contributed by atoms with Crippen molar-refractivity contribution < 1.29 is 14.0 Å². The Morgan fingerprint density at radius 2 is 1.91 bits per heavy atom. The summed E-state index contributed by atoms with van der Waals surface area (Å²) in [5.74, 6) is 0.245. The van der Waals surface area contributed by atoms with Crippen LogP contribution in [0.5, 0.6) is 0 Å². The van der Waals surface area contributed by atoms with E-state index in [1.165, 1.54) is 0 Å². The predicted molar refractivity (Wildman–Crippen MR) is 84.6 cm³/mol. The number of hydrogen-bond acceptors (Lipinski definition) is 4. The van der Waals surface area contributed by atoms with Crippen LogP contribution in [0.3, 0.4) is 0 Å². The molecule has 2 aliphatic heterocycles. The van der Waals surface area contributed by atoms with E-state index < -0.39 is 11.5 Å². The van der Waals surface area contributed by atoms with Crippen molar-refractivity contribution in [2.45, 2.75) is 43.3 Å². The van der Waals surface area contributed by atoms with E-state index in [1.807, 2.05) is 9.80 Å². The van der Waals surface area contributed by atoms with Gasteiger partial charge in [0.1, 0.15) is 11.5 Å². The lowest BCUT2D eigenvalue weighted by molar-refractivity contribution is -0.139. The molecule has 0 radical (unpaired) electrons. The summed E-state index contributed by atoms with van der Waals surface area (Å²) < 4.78 is 13.2. The van der Waals surface area contributed by atoms with Gasteiger partial charge in [-0.05, 0) is 31.6 Å². The Balaban J connectivity index is 1.51. The van der Waals surface area contributed by atoms with E-state index in [2.05, 4.69) is 10.9 Å². The van der Waals surface area contributed by atoms with Crippen molar-refractivity contribution in [1.82, 2.24) is 20.7 Å². The second kappa shape index (κ2) is 7.32. The summed E-state index contributed by atoms with van der Waals surface area (Å²) in [6.45, 7) is 2.92. The number of rotatable bonds is 3. The molecule has 2 saturated heterocycles. The SMILES string of the molecule is O=C1NNCC(N2CCN(CC3CCC(F)CC3)C(=O)C2)C1Cl. The molecule has 0 spiro atoms. The van der Waals surface area contributed by atoms with Crippen LogP contribution in [0.15, 0.2) is 0 Å². The van der Waals surface area contributed by atoms with Crippen LogP contribution in [0.1, 0.15) is 25.7 Å². The highest BCUT2D eigenvalue weighted by atomic mass is 35.5. The highest BCUT2D eigenvalue weighted by molar-refractivity contribution is 6.31. The predicted octanol–water partition coefficient (Wildman–Crippen LogP) is 0.269. The van der Waals surface area contributed by atoms with Gasteiger partial charge in [-0.25, -0.2) is 9.82 Å². The molecule has 2 heterocycles. The average Bonchev–Trinajstić information content (AvgIpc) is 2.54. The molecule has 2 unspecified atom stereocenters. The summed E-state index contributed by atoms with van der Waals surface area (Å²) in [4.78, 5) is 27.9. The van der Waals surface area contributed by atoms with Crippen LogP contribution in [-0.2, 0) is 9.59 Å². The van der Waals surface area contributed by atoms with Crippen LogP contribution in [0, 0.1) is 5.92 Å². The Morgan fingerprint density at radius 3 is 2.61 bits per heavy atom. The molecule has 3 fully saturated rings. The maximum absolute atomic E-state index is 13.2. The number of hydrogen-bond donors (Lipinski definition) is 2. The van der Waals surface area contributed by atoms with Crippen LogP contribution in [-0.4, -0.2) is 71.9 Å². The lowest BCUT2D eigenvalue weighted by Crippen LogP contribution is -2.65. The van der Waals surface area contributed by atoms with Crippen molar-refractivity contribution in [1.29, 1.82) is 0 Å². The number of alkyl halides is 2. The number of carbonyl (C=O) groups excluding carboxylic acids is 2. The zero-order valence-electron chi connectivity index (χ0n) is 13.1. The topological polar surface area (TPSA) is 64.7 Å². The zero-order chi connectivity index (χ0) is 16.4. The molecule has 2 amide bonds. The molecule has 6 nitrogen and oxygen atoms in total. The van der Waals surface area contributed by atoms with Gasteiger partial charge < -0.3 is 4.90 Å². The third kappa shape index (κ3) is 3.95. The van der Waals surface area contributed by atoms with Crippen molar-refractivity contribution in [3.8, 4) is 0 Å². The largest absolute Gasteiger partial charge is 0.340 e. The van der Waals surface area contributed by atoms with E-state index in [0.29, 0.717) is 44.9 Å². The van der Waals surface area contributed by atoms with Gasteiger partial charge in [-0.15, -0.1) is 11.6 Å². The first-order chi connectivity index (χ1) is 11.0. The first kappa shape index (κ1) is 16.9. The van der Waals surface area contributed by atoms with Crippen LogP contribution in [0.25, 0.3) is 0 Å². The van der Waals surface area contributed by atoms with E-state index in [4.69, 9.17) is 11.6 Å². The Kier molecular flexibility index (Phi) is 5.38. The quantitative estimate of drug-likeness (QED) is 0.720. The summed E-state index contributed by atoms with van der Waals surface area (Å²) in [5.41, 5.74) is 5.33. The van der Waals surface area contributed by atoms with Crippen LogP contribution in [0.2, 0.25) is 0 Å². The fourth-order valence-corrected chi connectivity index (χ4v) is 4.03. The zero-order valence-corrected chi connectivity index (χ0v) is 13.9. The van der Waals surface area contributed by atoms with E-state index in [9.17, 15) is 14.0 Å². The van der Waals surface area contributed by atoms with Gasteiger partial charge in [0.25, 0.3) is 5.91 Å². The Hall–Kier alpha value is -0.920. The molecule has 3 aliphatic rings. The molecule has 0 aromatic heterocycles. The molecule has 130 valence electrons. The van der Waals surface area contributed by atoms with Crippen molar-refractivity contribution in [2.24, 2.45) is 5.92 Å². The van der Waals surface area contributed by atoms with Crippen LogP contribution >= 0.6 is 11.6 Å². The molecule has 0 aromatic rings. The number of halogens is 2. The van der Waals surface area contributed by atoms with Gasteiger partial charge in [-0.3, -0.25) is 19.9 Å². The molecule has 2 atom stereocenters. The molecule has 0 aromatic carbocycles. The minimum absolute atomic E-state index is 0.0773. The second-order valence-electron chi connectivity index (χ2n) is 6.77. The third-order valence-corrected chi connectivity index (χ3v) is 5.67. The summed E-state index contributed by atoms with van der Waals surface area (Å²) >= 11 is 6.17. The van der Waals surface area contributed by atoms with Crippen LogP contribution < -0.4 is 10.9 Å². The van der Waals surface area contributed by atoms with E-state index in [0.717, 1.165) is 19.4 Å². The van der Waals surface area contributed by atoms with Gasteiger partial charge in [-0.1, -0.05) is 0 Å². The summed E-state index contributed by atoms with van der Waals surface area (Å²) in [6, 6.07) is -0.168. The number of carbonyl (C=O) groups is 2. The van der Waals surface area contributed by atoms with Crippen molar-refractivity contribution in [2.75, 3.05) is 32.7 Å². The Morgan fingerprint density at radius 1 is 1.17 bits per heavy atom. The highest BCUT2D eigenvalue weighted by Gasteiger charge is 2.38. The monoisotopic (exact) mass is 346 g/mol. The average molecular weight is 347 g/mol. The normalized spacial score (nSPS) is 36.9. The standard InChI is InChI=1S/C15H24ClFN4O2/c16-14-12(7-18-19-15(14)23)20-5-6-21(13(22)9-20)8-10-1-3-11(17)4-2-10/h10-12,14,18H,1-9H2,(H,19,23). The van der Waals surface area contributed by atoms with Gasteiger partial charge in [-0.2, -0.15) is 0 Å². The van der Waals surface area contributed by atoms with Gasteiger partial charge in [0.15, 0.2) is 0 Å². The first-order valence-electron chi connectivity index (χ1n) is 8.37. The van der Waals surface area contributed by atoms with E-state index in [-0.39, 0.29) is 17.9 Å². The smallest absolute Gasteiger partial charge is 0.253 e. The van der Waals surface area contributed by atoms with Crippen molar-refractivity contribution >= 4 is 23.4 Å². The molecule has 8 heteroatoms. The third-order valence-electron chi connectivity index (χ3n) is 5.18. The molecule has 1 aliphatic carbocycles. The minimum atomic E-state index is -0.663. The summed E-state index contributed by atoms with van der Waals surface area (Å²) in [6.07, 6.45) is 2.31. The maximum atomic E-state index is 13.2. The van der Waals surface area contributed by atoms with Crippen molar-refractivity contribution in [3.05, 3.63) is 0 Å². The molecule has 3 rings (SSSR count).